The zero-order valence-electron chi connectivity index (χ0n) is 15.9. The van der Waals surface area contributed by atoms with E-state index in [1.165, 1.54) is 0 Å². The average molecular weight is 360 g/mol. The van der Waals surface area contributed by atoms with Crippen LogP contribution in [0.1, 0.15) is 41.6 Å². The molecule has 0 spiro atoms. The van der Waals surface area contributed by atoms with Crippen molar-refractivity contribution >= 4 is 17.6 Å². The number of carbonyl (C=O) groups is 2. The molecule has 2 saturated heterocycles. The molecule has 2 aliphatic heterocycles. The quantitative estimate of drug-likeness (QED) is 0.834. The number of nitrogens with two attached hydrogens (primary N) is 1. The molecular weight excluding hydrogens is 332 g/mol. The molecule has 2 aliphatic rings. The zero-order chi connectivity index (χ0) is 18.8. The number of amides is 2. The van der Waals surface area contributed by atoms with E-state index in [9.17, 15) is 9.59 Å². The third-order valence-electron chi connectivity index (χ3n) is 5.28. The normalized spacial score (nSPS) is 21.3. The number of likely N-dealkylation sites (N-methyl/N-ethyl adjacent to an activating group) is 1. The van der Waals surface area contributed by atoms with Crippen molar-refractivity contribution in [2.24, 2.45) is 5.73 Å². The topological polar surface area (TPSA) is 95.7 Å². The van der Waals surface area contributed by atoms with Gasteiger partial charge in [-0.1, -0.05) is 0 Å². The Hall–Kier alpha value is -2.22. The summed E-state index contributed by atoms with van der Waals surface area (Å²) in [6, 6.07) is 0.132. The van der Waals surface area contributed by atoms with Gasteiger partial charge in [0.1, 0.15) is 12.4 Å². The minimum atomic E-state index is -0.274. The molecule has 0 saturated carbocycles. The van der Waals surface area contributed by atoms with Crippen LogP contribution in [-0.2, 0) is 4.79 Å². The van der Waals surface area contributed by atoms with Gasteiger partial charge in [0.05, 0.1) is 0 Å². The minimum Gasteiger partial charge on any atom is -0.355 e. The predicted octanol–water partition coefficient (Wildman–Crippen LogP) is 0.325. The fourth-order valence-corrected chi connectivity index (χ4v) is 3.57. The number of hydrogen-bond donors (Lipinski definition) is 1. The molecule has 0 unspecified atom stereocenters. The summed E-state index contributed by atoms with van der Waals surface area (Å²) in [4.78, 5) is 39.7. The molecule has 3 rings (SSSR count). The third kappa shape index (κ3) is 3.65. The number of aryl methyl sites for hydroxylation is 1. The first-order valence-electron chi connectivity index (χ1n) is 9.33. The molecule has 2 N–H and O–H groups in total. The number of rotatable bonds is 3. The maximum absolute atomic E-state index is 13.0. The largest absolute Gasteiger partial charge is 0.355 e. The van der Waals surface area contributed by atoms with Crippen LogP contribution in [0, 0.1) is 13.8 Å². The van der Waals surface area contributed by atoms with Gasteiger partial charge in [0.2, 0.25) is 11.7 Å². The lowest BCUT2D eigenvalue weighted by Gasteiger charge is -2.23. The Labute approximate surface area is 154 Å². The Morgan fingerprint density at radius 1 is 1.23 bits per heavy atom. The van der Waals surface area contributed by atoms with Crippen LogP contribution in [0.2, 0.25) is 0 Å². The van der Waals surface area contributed by atoms with E-state index < -0.39 is 0 Å². The monoisotopic (exact) mass is 360 g/mol. The van der Waals surface area contributed by atoms with Crippen molar-refractivity contribution in [2.45, 2.75) is 39.7 Å². The summed E-state index contributed by atoms with van der Waals surface area (Å²) >= 11 is 0. The maximum atomic E-state index is 13.0. The molecule has 142 valence electrons. The van der Waals surface area contributed by atoms with Crippen LogP contribution in [0.4, 0.5) is 5.82 Å². The Morgan fingerprint density at radius 2 is 2.00 bits per heavy atom. The molecule has 8 heteroatoms. The van der Waals surface area contributed by atoms with Gasteiger partial charge in [-0.05, 0) is 33.6 Å². The molecule has 0 bridgehead atoms. The van der Waals surface area contributed by atoms with Crippen LogP contribution >= 0.6 is 0 Å². The highest BCUT2D eigenvalue weighted by molar-refractivity contribution is 5.94. The molecule has 3 heterocycles. The van der Waals surface area contributed by atoms with E-state index >= 15 is 0 Å². The highest BCUT2D eigenvalue weighted by Crippen LogP contribution is 2.24. The summed E-state index contributed by atoms with van der Waals surface area (Å²) in [5.74, 6) is 0.656. The van der Waals surface area contributed by atoms with Crippen LogP contribution < -0.4 is 10.6 Å². The van der Waals surface area contributed by atoms with E-state index in [0.29, 0.717) is 19.6 Å². The minimum absolute atomic E-state index is 0.0204. The van der Waals surface area contributed by atoms with Crippen LogP contribution in [0.3, 0.4) is 0 Å². The van der Waals surface area contributed by atoms with Crippen molar-refractivity contribution in [1.82, 2.24) is 19.8 Å². The summed E-state index contributed by atoms with van der Waals surface area (Å²) in [6.07, 6.45) is 1.68. The summed E-state index contributed by atoms with van der Waals surface area (Å²) in [5, 5.41) is 0. The molecular formula is C18H28N6O2. The van der Waals surface area contributed by atoms with Crippen molar-refractivity contribution in [1.29, 1.82) is 0 Å². The van der Waals surface area contributed by atoms with Crippen LogP contribution in [0.15, 0.2) is 0 Å². The van der Waals surface area contributed by atoms with Crippen molar-refractivity contribution in [3.05, 3.63) is 17.1 Å². The van der Waals surface area contributed by atoms with E-state index in [1.807, 2.05) is 20.8 Å². The lowest BCUT2D eigenvalue weighted by molar-refractivity contribution is -0.130. The summed E-state index contributed by atoms with van der Waals surface area (Å²) in [6.45, 7) is 9.36. The molecule has 8 nitrogen and oxygen atoms in total. The zero-order valence-corrected chi connectivity index (χ0v) is 15.9. The van der Waals surface area contributed by atoms with Gasteiger partial charge in [0, 0.05) is 50.0 Å². The molecule has 0 aromatic carbocycles. The number of carbonyl (C=O) groups excluding carboxylic acids is 2. The molecule has 2 amide bonds. The summed E-state index contributed by atoms with van der Waals surface area (Å²) in [7, 11) is 0. The third-order valence-corrected chi connectivity index (χ3v) is 5.28. The molecule has 0 aliphatic carbocycles. The van der Waals surface area contributed by atoms with Gasteiger partial charge in [-0.15, -0.1) is 0 Å². The highest BCUT2D eigenvalue weighted by Gasteiger charge is 2.29. The van der Waals surface area contributed by atoms with Crippen LogP contribution in [0.5, 0.6) is 0 Å². The van der Waals surface area contributed by atoms with E-state index in [2.05, 4.69) is 14.9 Å². The van der Waals surface area contributed by atoms with Gasteiger partial charge in [-0.25, -0.2) is 9.97 Å². The van der Waals surface area contributed by atoms with Crippen molar-refractivity contribution in [3.8, 4) is 0 Å². The summed E-state index contributed by atoms with van der Waals surface area (Å²) in [5.41, 5.74) is 7.78. The van der Waals surface area contributed by atoms with Crippen LogP contribution in [0.25, 0.3) is 0 Å². The van der Waals surface area contributed by atoms with Gasteiger partial charge in [0.15, 0.2) is 0 Å². The molecule has 2 fully saturated rings. The molecule has 1 aromatic heterocycles. The second-order valence-corrected chi connectivity index (χ2v) is 7.13. The number of nitrogens with zero attached hydrogens (tertiary/aromatic N) is 5. The number of aromatic nitrogens is 2. The Balaban J connectivity index is 1.85. The molecule has 1 aromatic rings. The first kappa shape index (κ1) is 18.6. The smallest absolute Gasteiger partial charge is 0.292 e. The van der Waals surface area contributed by atoms with Gasteiger partial charge in [-0.3, -0.25) is 9.59 Å². The van der Waals surface area contributed by atoms with E-state index in [-0.39, 0.29) is 30.2 Å². The SMILES string of the molecule is CCN1CCCN(C(=O)c2nc(C)c(C)c(N3CC[C@@H](N)C3)n2)CC1=O. The Morgan fingerprint density at radius 3 is 2.65 bits per heavy atom. The molecule has 1 atom stereocenters. The fraction of sp³-hybridized carbons (Fsp3) is 0.667. The second-order valence-electron chi connectivity index (χ2n) is 7.13. The fourth-order valence-electron chi connectivity index (χ4n) is 3.57. The first-order valence-corrected chi connectivity index (χ1v) is 9.33. The lowest BCUT2D eigenvalue weighted by atomic mass is 10.2. The van der Waals surface area contributed by atoms with Gasteiger partial charge in [-0.2, -0.15) is 0 Å². The Kier molecular flexibility index (Phi) is 5.41. The predicted molar refractivity (Wildman–Crippen MR) is 99.1 cm³/mol. The average Bonchev–Trinajstić information content (AvgIpc) is 2.95. The Bertz CT molecular complexity index is 707. The van der Waals surface area contributed by atoms with Crippen molar-refractivity contribution < 1.29 is 9.59 Å². The summed E-state index contributed by atoms with van der Waals surface area (Å²) < 4.78 is 0. The lowest BCUT2D eigenvalue weighted by Crippen LogP contribution is -2.40. The number of anilines is 1. The van der Waals surface area contributed by atoms with Crippen molar-refractivity contribution in [3.63, 3.8) is 0 Å². The molecule has 26 heavy (non-hydrogen) atoms. The number of hydrogen-bond acceptors (Lipinski definition) is 6. The van der Waals surface area contributed by atoms with Crippen LogP contribution in [-0.4, -0.2) is 76.9 Å². The first-order chi connectivity index (χ1) is 12.4. The van der Waals surface area contributed by atoms with Gasteiger partial charge in [0.25, 0.3) is 5.91 Å². The van der Waals surface area contributed by atoms with E-state index in [0.717, 1.165) is 43.0 Å². The van der Waals surface area contributed by atoms with Gasteiger partial charge < -0.3 is 20.4 Å². The standard InChI is InChI=1S/C18H28N6O2/c1-4-22-7-5-8-24(11-15(22)25)18(26)16-20-13(3)12(2)17(21-16)23-9-6-14(19)10-23/h14H,4-11,19H2,1-3H3/t14-/m1/s1. The molecule has 0 radical (unpaired) electrons. The van der Waals surface area contributed by atoms with E-state index in [1.54, 1.807) is 9.80 Å². The maximum Gasteiger partial charge on any atom is 0.292 e. The second kappa shape index (κ2) is 7.57. The van der Waals surface area contributed by atoms with Gasteiger partial charge >= 0.3 is 0 Å². The highest BCUT2D eigenvalue weighted by atomic mass is 16.2. The van der Waals surface area contributed by atoms with Crippen molar-refractivity contribution in [2.75, 3.05) is 44.2 Å². The van der Waals surface area contributed by atoms with E-state index in [4.69, 9.17) is 5.73 Å².